The molecule has 1 aromatic carbocycles. The Hall–Kier alpha value is -1.93. The fourth-order valence-electron chi connectivity index (χ4n) is 3.37. The number of carbonyl (C=O) groups is 2. The van der Waals surface area contributed by atoms with Gasteiger partial charge < -0.3 is 14.8 Å². The van der Waals surface area contributed by atoms with E-state index in [-0.39, 0.29) is 25.2 Å². The molecule has 0 radical (unpaired) electrons. The van der Waals surface area contributed by atoms with Gasteiger partial charge in [0.25, 0.3) is 0 Å². The highest BCUT2D eigenvalue weighted by Crippen LogP contribution is 2.36. The van der Waals surface area contributed by atoms with Crippen molar-refractivity contribution in [1.29, 1.82) is 0 Å². The summed E-state index contributed by atoms with van der Waals surface area (Å²) in [5, 5.41) is 5.88. The highest BCUT2D eigenvalue weighted by atomic mass is 35.5. The van der Waals surface area contributed by atoms with E-state index in [0.717, 1.165) is 37.1 Å². The SMILES string of the molecule is CCOC(=O)c1c(-c2ccc(Cl)cc2)csc1NC(=O)CN1CCC(OC)CC1. The first kappa shape index (κ1) is 21.8. The maximum Gasteiger partial charge on any atom is 0.341 e. The molecule has 1 amide bonds. The molecule has 1 fully saturated rings. The number of methoxy groups -OCH3 is 1. The Bertz CT molecular complexity index is 845. The van der Waals surface area contributed by atoms with Crippen molar-refractivity contribution in [2.24, 2.45) is 0 Å². The van der Waals surface area contributed by atoms with Gasteiger partial charge in [0, 0.05) is 36.2 Å². The zero-order valence-corrected chi connectivity index (χ0v) is 18.1. The topological polar surface area (TPSA) is 67.9 Å². The van der Waals surface area contributed by atoms with Crippen LogP contribution < -0.4 is 5.32 Å². The third kappa shape index (κ3) is 5.57. The van der Waals surface area contributed by atoms with Crippen molar-refractivity contribution >= 4 is 39.8 Å². The molecule has 0 spiro atoms. The molecular weight excluding hydrogens is 412 g/mol. The van der Waals surface area contributed by atoms with E-state index in [2.05, 4.69) is 10.2 Å². The predicted molar refractivity (Wildman–Crippen MR) is 116 cm³/mol. The van der Waals surface area contributed by atoms with Crippen LogP contribution in [-0.4, -0.2) is 56.2 Å². The quantitative estimate of drug-likeness (QED) is 0.655. The molecule has 3 rings (SSSR count). The van der Waals surface area contributed by atoms with E-state index >= 15 is 0 Å². The van der Waals surface area contributed by atoms with Crippen LogP contribution in [0, 0.1) is 0 Å². The number of hydrogen-bond acceptors (Lipinski definition) is 6. The molecular formula is C21H25ClN2O4S. The van der Waals surface area contributed by atoms with E-state index in [1.807, 2.05) is 17.5 Å². The number of nitrogens with one attached hydrogen (secondary N) is 1. The van der Waals surface area contributed by atoms with E-state index < -0.39 is 5.97 Å². The van der Waals surface area contributed by atoms with Crippen LogP contribution in [0.1, 0.15) is 30.1 Å². The molecule has 0 unspecified atom stereocenters. The van der Waals surface area contributed by atoms with Crippen molar-refractivity contribution in [3.8, 4) is 11.1 Å². The van der Waals surface area contributed by atoms with Crippen molar-refractivity contribution in [1.82, 2.24) is 4.90 Å². The summed E-state index contributed by atoms with van der Waals surface area (Å²) in [5.74, 6) is -0.592. The van der Waals surface area contributed by atoms with Crippen LogP contribution >= 0.6 is 22.9 Å². The normalized spacial score (nSPS) is 15.3. The second kappa shape index (κ2) is 10.2. The Kier molecular flexibility index (Phi) is 7.66. The average molecular weight is 437 g/mol. The van der Waals surface area contributed by atoms with Crippen molar-refractivity contribution in [2.75, 3.05) is 38.7 Å². The molecule has 1 aromatic heterocycles. The minimum atomic E-state index is -0.449. The van der Waals surface area contributed by atoms with Gasteiger partial charge in [-0.1, -0.05) is 23.7 Å². The van der Waals surface area contributed by atoms with Crippen molar-refractivity contribution in [3.05, 3.63) is 40.2 Å². The number of rotatable bonds is 7. The Morgan fingerprint density at radius 1 is 1.24 bits per heavy atom. The maximum absolute atomic E-state index is 12.6. The fourth-order valence-corrected chi connectivity index (χ4v) is 4.47. The third-order valence-electron chi connectivity index (χ3n) is 4.91. The van der Waals surface area contributed by atoms with Gasteiger partial charge in [-0.15, -0.1) is 11.3 Å². The largest absolute Gasteiger partial charge is 0.462 e. The number of carbonyl (C=O) groups excluding carboxylic acids is 2. The highest BCUT2D eigenvalue weighted by molar-refractivity contribution is 7.15. The molecule has 0 aliphatic carbocycles. The van der Waals surface area contributed by atoms with Gasteiger partial charge >= 0.3 is 5.97 Å². The van der Waals surface area contributed by atoms with Gasteiger partial charge in [-0.05, 0) is 37.5 Å². The number of benzene rings is 1. The van der Waals surface area contributed by atoms with Crippen LogP contribution in [0.2, 0.25) is 5.02 Å². The summed E-state index contributed by atoms with van der Waals surface area (Å²) in [4.78, 5) is 27.3. The van der Waals surface area contributed by atoms with Crippen LogP contribution in [0.5, 0.6) is 0 Å². The first-order valence-electron chi connectivity index (χ1n) is 9.61. The van der Waals surface area contributed by atoms with E-state index in [0.29, 0.717) is 15.6 Å². The molecule has 0 bridgehead atoms. The number of piperidine rings is 1. The molecule has 1 saturated heterocycles. The molecule has 29 heavy (non-hydrogen) atoms. The van der Waals surface area contributed by atoms with Gasteiger partial charge in [-0.3, -0.25) is 9.69 Å². The van der Waals surface area contributed by atoms with Gasteiger partial charge in [0.1, 0.15) is 10.6 Å². The number of thiophene rings is 1. The van der Waals surface area contributed by atoms with Crippen LogP contribution in [-0.2, 0) is 14.3 Å². The molecule has 156 valence electrons. The third-order valence-corrected chi connectivity index (χ3v) is 6.06. The summed E-state index contributed by atoms with van der Waals surface area (Å²) in [6.45, 7) is 3.94. The van der Waals surface area contributed by atoms with Crippen molar-refractivity contribution in [2.45, 2.75) is 25.9 Å². The van der Waals surface area contributed by atoms with E-state index in [1.165, 1.54) is 11.3 Å². The number of hydrogen-bond donors (Lipinski definition) is 1. The Morgan fingerprint density at radius 3 is 2.55 bits per heavy atom. The molecule has 0 atom stereocenters. The van der Waals surface area contributed by atoms with E-state index in [9.17, 15) is 9.59 Å². The van der Waals surface area contributed by atoms with Crippen molar-refractivity contribution < 1.29 is 19.1 Å². The molecule has 1 N–H and O–H groups in total. The Labute approximate surface area is 179 Å². The molecule has 2 heterocycles. The van der Waals surface area contributed by atoms with Gasteiger partial charge in [0.05, 0.1) is 19.3 Å². The lowest BCUT2D eigenvalue weighted by atomic mass is 10.0. The van der Waals surface area contributed by atoms with Crippen LogP contribution in [0.3, 0.4) is 0 Å². The zero-order valence-electron chi connectivity index (χ0n) is 16.6. The van der Waals surface area contributed by atoms with Gasteiger partial charge in [0.2, 0.25) is 5.91 Å². The number of nitrogens with zero attached hydrogens (tertiary/aromatic N) is 1. The molecule has 6 nitrogen and oxygen atoms in total. The van der Waals surface area contributed by atoms with E-state index in [4.69, 9.17) is 21.1 Å². The number of halogens is 1. The summed E-state index contributed by atoms with van der Waals surface area (Å²) < 4.78 is 10.6. The number of amides is 1. The number of esters is 1. The van der Waals surface area contributed by atoms with Crippen LogP contribution in [0.4, 0.5) is 5.00 Å². The lowest BCUT2D eigenvalue weighted by Crippen LogP contribution is -2.41. The standard InChI is InChI=1S/C21H25ClN2O4S/c1-3-28-21(26)19-17(14-4-6-15(22)7-5-14)13-29-20(19)23-18(25)12-24-10-8-16(27-2)9-11-24/h4-7,13,16H,3,8-12H2,1-2H3,(H,23,25). The lowest BCUT2D eigenvalue weighted by Gasteiger charge is -2.30. The average Bonchev–Trinajstić information content (AvgIpc) is 3.12. The minimum Gasteiger partial charge on any atom is -0.462 e. The summed E-state index contributed by atoms with van der Waals surface area (Å²) >= 11 is 7.30. The number of ether oxygens (including phenoxy) is 2. The fraction of sp³-hybridized carbons (Fsp3) is 0.429. The summed E-state index contributed by atoms with van der Waals surface area (Å²) in [7, 11) is 1.72. The Morgan fingerprint density at radius 2 is 1.93 bits per heavy atom. The smallest absolute Gasteiger partial charge is 0.341 e. The Balaban J connectivity index is 1.75. The maximum atomic E-state index is 12.6. The minimum absolute atomic E-state index is 0.143. The highest BCUT2D eigenvalue weighted by Gasteiger charge is 2.24. The van der Waals surface area contributed by atoms with Gasteiger partial charge in [0.15, 0.2) is 0 Å². The summed E-state index contributed by atoms with van der Waals surface area (Å²) in [6, 6.07) is 7.23. The summed E-state index contributed by atoms with van der Waals surface area (Å²) in [6.07, 6.45) is 2.10. The zero-order chi connectivity index (χ0) is 20.8. The van der Waals surface area contributed by atoms with E-state index in [1.54, 1.807) is 26.2 Å². The second-order valence-electron chi connectivity index (χ2n) is 6.84. The van der Waals surface area contributed by atoms with Gasteiger partial charge in [-0.2, -0.15) is 0 Å². The molecule has 1 aliphatic heterocycles. The monoisotopic (exact) mass is 436 g/mol. The van der Waals surface area contributed by atoms with Crippen molar-refractivity contribution in [3.63, 3.8) is 0 Å². The first-order valence-corrected chi connectivity index (χ1v) is 10.9. The lowest BCUT2D eigenvalue weighted by molar-refractivity contribution is -0.117. The number of likely N-dealkylation sites (tertiary alicyclic amines) is 1. The first-order chi connectivity index (χ1) is 14.0. The molecule has 0 saturated carbocycles. The molecule has 1 aliphatic rings. The number of anilines is 1. The van der Waals surface area contributed by atoms with Crippen LogP contribution in [0.25, 0.3) is 11.1 Å². The second-order valence-corrected chi connectivity index (χ2v) is 8.16. The predicted octanol–water partition coefficient (Wildman–Crippen LogP) is 4.29. The summed E-state index contributed by atoms with van der Waals surface area (Å²) in [5.41, 5.74) is 1.95. The van der Waals surface area contributed by atoms with Gasteiger partial charge in [-0.25, -0.2) is 4.79 Å². The molecule has 2 aromatic rings. The van der Waals surface area contributed by atoms with Crippen LogP contribution in [0.15, 0.2) is 29.6 Å². The molecule has 8 heteroatoms.